The van der Waals surface area contributed by atoms with E-state index in [1.807, 2.05) is 0 Å². The maximum Gasteiger partial charge on any atom is 0.282 e. The fraction of sp³-hybridized carbons (Fsp3) is 0.333. The number of rotatable bonds is 2. The van der Waals surface area contributed by atoms with Gasteiger partial charge in [0.2, 0.25) is 0 Å². The predicted octanol–water partition coefficient (Wildman–Crippen LogP) is 0.535. The molecular formula is C9H12N2O3. The number of nitrogens with zero attached hydrogens (tertiary/aromatic N) is 1. The van der Waals surface area contributed by atoms with Gasteiger partial charge in [0.1, 0.15) is 5.56 Å². The van der Waals surface area contributed by atoms with Crippen molar-refractivity contribution < 1.29 is 10.0 Å². The second-order valence-electron chi connectivity index (χ2n) is 2.91. The molecule has 0 bridgehead atoms. The van der Waals surface area contributed by atoms with Crippen LogP contribution in [0.5, 0.6) is 0 Å². The van der Waals surface area contributed by atoms with Crippen LogP contribution in [0.4, 0.5) is 0 Å². The molecule has 76 valence electrons. The van der Waals surface area contributed by atoms with Crippen LogP contribution in [0.15, 0.2) is 17.1 Å². The SMILES string of the molecule is CCN(O)C(=O)c1c[nH]c(C)cc1=O. The Morgan fingerprint density at radius 2 is 2.29 bits per heavy atom. The van der Waals surface area contributed by atoms with E-state index in [1.165, 1.54) is 12.3 Å². The van der Waals surface area contributed by atoms with Crippen molar-refractivity contribution in [1.29, 1.82) is 0 Å². The van der Waals surface area contributed by atoms with Crippen molar-refractivity contribution in [3.05, 3.63) is 33.7 Å². The van der Waals surface area contributed by atoms with Crippen LogP contribution in [0.2, 0.25) is 0 Å². The topological polar surface area (TPSA) is 73.4 Å². The highest BCUT2D eigenvalue weighted by molar-refractivity contribution is 5.92. The molecule has 0 atom stereocenters. The summed E-state index contributed by atoms with van der Waals surface area (Å²) < 4.78 is 0. The van der Waals surface area contributed by atoms with Crippen molar-refractivity contribution in [1.82, 2.24) is 10.0 Å². The van der Waals surface area contributed by atoms with Crippen LogP contribution in [-0.4, -0.2) is 27.7 Å². The maximum absolute atomic E-state index is 11.4. The van der Waals surface area contributed by atoms with Gasteiger partial charge < -0.3 is 4.98 Å². The molecule has 0 aliphatic heterocycles. The number of carbonyl (C=O) groups excluding carboxylic acids is 1. The van der Waals surface area contributed by atoms with E-state index < -0.39 is 11.3 Å². The summed E-state index contributed by atoms with van der Waals surface area (Å²) in [4.78, 5) is 25.4. The van der Waals surface area contributed by atoms with Crippen LogP contribution < -0.4 is 5.43 Å². The van der Waals surface area contributed by atoms with Gasteiger partial charge in [0.15, 0.2) is 5.43 Å². The van der Waals surface area contributed by atoms with E-state index in [-0.39, 0.29) is 12.1 Å². The van der Waals surface area contributed by atoms with E-state index in [1.54, 1.807) is 13.8 Å². The molecule has 1 rings (SSSR count). The monoisotopic (exact) mass is 196 g/mol. The number of H-pyrrole nitrogens is 1. The summed E-state index contributed by atoms with van der Waals surface area (Å²) in [5, 5.41) is 9.60. The molecule has 1 amide bonds. The van der Waals surface area contributed by atoms with Crippen molar-refractivity contribution in [2.45, 2.75) is 13.8 Å². The first-order chi connectivity index (χ1) is 6.56. The highest BCUT2D eigenvalue weighted by atomic mass is 16.5. The van der Waals surface area contributed by atoms with Gasteiger partial charge >= 0.3 is 0 Å². The van der Waals surface area contributed by atoms with Crippen LogP contribution in [0.1, 0.15) is 23.0 Å². The first kappa shape index (κ1) is 10.5. The highest BCUT2D eigenvalue weighted by Gasteiger charge is 2.14. The summed E-state index contributed by atoms with van der Waals surface area (Å²) in [5.41, 5.74) is 0.228. The summed E-state index contributed by atoms with van der Waals surface area (Å²) in [7, 11) is 0. The molecule has 0 aliphatic carbocycles. The van der Waals surface area contributed by atoms with Gasteiger partial charge in [-0.2, -0.15) is 0 Å². The Morgan fingerprint density at radius 3 is 2.79 bits per heavy atom. The van der Waals surface area contributed by atoms with E-state index in [0.717, 1.165) is 0 Å². The number of aromatic nitrogens is 1. The molecule has 1 aromatic rings. The Labute approximate surface area is 80.9 Å². The van der Waals surface area contributed by atoms with Gasteiger partial charge in [-0.05, 0) is 13.8 Å². The third-order valence-corrected chi connectivity index (χ3v) is 1.82. The number of hydrogen-bond donors (Lipinski definition) is 2. The third-order valence-electron chi connectivity index (χ3n) is 1.82. The minimum Gasteiger partial charge on any atom is -0.364 e. The molecule has 0 saturated carbocycles. The summed E-state index contributed by atoms with van der Waals surface area (Å²) in [5.74, 6) is -0.686. The zero-order valence-corrected chi connectivity index (χ0v) is 8.07. The lowest BCUT2D eigenvalue weighted by atomic mass is 10.2. The molecule has 0 aromatic carbocycles. The van der Waals surface area contributed by atoms with Gasteiger partial charge in [0.05, 0.1) is 0 Å². The quantitative estimate of drug-likeness (QED) is 0.535. The van der Waals surface area contributed by atoms with Crippen LogP contribution in [-0.2, 0) is 0 Å². The molecule has 1 aromatic heterocycles. The van der Waals surface area contributed by atoms with Gasteiger partial charge in [0.25, 0.3) is 5.91 Å². The molecule has 0 radical (unpaired) electrons. The van der Waals surface area contributed by atoms with Gasteiger partial charge in [-0.15, -0.1) is 0 Å². The average molecular weight is 196 g/mol. The van der Waals surface area contributed by atoms with Gasteiger partial charge in [-0.25, -0.2) is 5.06 Å². The Morgan fingerprint density at radius 1 is 1.64 bits per heavy atom. The zero-order valence-electron chi connectivity index (χ0n) is 8.07. The molecule has 0 spiro atoms. The number of nitrogens with one attached hydrogen (secondary N) is 1. The number of amides is 1. The number of aryl methyl sites for hydroxylation is 1. The van der Waals surface area contributed by atoms with E-state index in [2.05, 4.69) is 4.98 Å². The normalized spacial score (nSPS) is 9.93. The van der Waals surface area contributed by atoms with Crippen molar-refractivity contribution in [3.8, 4) is 0 Å². The van der Waals surface area contributed by atoms with Gasteiger partial charge in [0, 0.05) is 24.5 Å². The van der Waals surface area contributed by atoms with Crippen molar-refractivity contribution in [2.24, 2.45) is 0 Å². The fourth-order valence-electron chi connectivity index (χ4n) is 1.02. The fourth-order valence-corrected chi connectivity index (χ4v) is 1.02. The maximum atomic E-state index is 11.4. The first-order valence-corrected chi connectivity index (χ1v) is 4.26. The first-order valence-electron chi connectivity index (χ1n) is 4.26. The number of hydrogen-bond acceptors (Lipinski definition) is 3. The predicted molar refractivity (Wildman–Crippen MR) is 50.3 cm³/mol. The highest BCUT2D eigenvalue weighted by Crippen LogP contribution is 1.96. The second kappa shape index (κ2) is 4.06. The number of pyridine rings is 1. The smallest absolute Gasteiger partial charge is 0.282 e. The molecule has 1 heterocycles. The van der Waals surface area contributed by atoms with E-state index >= 15 is 0 Å². The van der Waals surface area contributed by atoms with E-state index in [0.29, 0.717) is 10.8 Å². The van der Waals surface area contributed by atoms with Crippen LogP contribution >= 0.6 is 0 Å². The van der Waals surface area contributed by atoms with E-state index in [4.69, 9.17) is 5.21 Å². The number of aromatic amines is 1. The largest absolute Gasteiger partial charge is 0.364 e. The summed E-state index contributed by atoms with van der Waals surface area (Å²) in [6.07, 6.45) is 1.30. The minimum atomic E-state index is -0.686. The number of hydroxylamine groups is 2. The van der Waals surface area contributed by atoms with Crippen LogP contribution in [0.25, 0.3) is 0 Å². The molecule has 0 unspecified atom stereocenters. The Bertz CT molecular complexity index is 397. The Balaban J connectivity index is 3.08. The summed E-state index contributed by atoms with van der Waals surface area (Å²) in [6.45, 7) is 3.47. The lowest BCUT2D eigenvalue weighted by Gasteiger charge is -2.11. The molecule has 5 nitrogen and oxygen atoms in total. The van der Waals surface area contributed by atoms with Gasteiger partial charge in [-0.3, -0.25) is 14.8 Å². The standard InChI is InChI=1S/C9H12N2O3/c1-3-11(14)9(13)7-5-10-6(2)4-8(7)12/h4-5,14H,3H2,1-2H3,(H,10,12). The van der Waals surface area contributed by atoms with E-state index in [9.17, 15) is 9.59 Å². The van der Waals surface area contributed by atoms with Crippen LogP contribution in [0, 0.1) is 6.92 Å². The molecule has 0 aliphatic rings. The molecule has 2 N–H and O–H groups in total. The van der Waals surface area contributed by atoms with Crippen molar-refractivity contribution >= 4 is 5.91 Å². The second-order valence-corrected chi connectivity index (χ2v) is 2.91. The van der Waals surface area contributed by atoms with Gasteiger partial charge in [-0.1, -0.05) is 0 Å². The average Bonchev–Trinajstić information content (AvgIpc) is 2.15. The molecule has 0 saturated heterocycles. The van der Waals surface area contributed by atoms with Crippen LogP contribution in [0.3, 0.4) is 0 Å². The molecule has 14 heavy (non-hydrogen) atoms. The zero-order chi connectivity index (χ0) is 10.7. The summed E-state index contributed by atoms with van der Waals surface area (Å²) >= 11 is 0. The number of carbonyl (C=O) groups is 1. The lowest BCUT2D eigenvalue weighted by molar-refractivity contribution is -0.0542. The summed E-state index contributed by atoms with van der Waals surface area (Å²) in [6, 6.07) is 1.32. The molecule has 0 fully saturated rings. The van der Waals surface area contributed by atoms with Crippen molar-refractivity contribution in [3.63, 3.8) is 0 Å². The minimum absolute atomic E-state index is 0.0556. The Hall–Kier alpha value is -1.62. The van der Waals surface area contributed by atoms with Crippen molar-refractivity contribution in [2.75, 3.05) is 6.54 Å². The third kappa shape index (κ3) is 2.00. The molecule has 5 heteroatoms. The lowest BCUT2D eigenvalue weighted by Crippen LogP contribution is -2.31. The molecular weight excluding hydrogens is 184 g/mol. The Kier molecular flexibility index (Phi) is 3.03.